The second kappa shape index (κ2) is 5.59. The first kappa shape index (κ1) is 12.5. The average molecular weight is 262 g/mol. The van der Waals surface area contributed by atoms with Crippen LogP contribution in [0.4, 0.5) is 0 Å². The van der Waals surface area contributed by atoms with Gasteiger partial charge in [0.25, 0.3) is 5.91 Å². The Labute approximate surface area is 110 Å². The molecule has 18 heavy (non-hydrogen) atoms. The number of carbonyl (C=O) groups excluding carboxylic acids is 1. The summed E-state index contributed by atoms with van der Waals surface area (Å²) in [5.74, 6) is 0.777. The van der Waals surface area contributed by atoms with Crippen LogP contribution in [0.3, 0.4) is 0 Å². The second-order valence-electron chi connectivity index (χ2n) is 3.87. The molecule has 2 aromatic rings. The summed E-state index contributed by atoms with van der Waals surface area (Å²) in [5, 5.41) is 2.83. The molecule has 0 atom stereocenters. The molecule has 2 N–H and O–H groups in total. The number of hydrogen-bond donors (Lipinski definition) is 2. The van der Waals surface area contributed by atoms with Gasteiger partial charge >= 0.3 is 0 Å². The van der Waals surface area contributed by atoms with E-state index in [4.69, 9.17) is 12.2 Å². The van der Waals surface area contributed by atoms with Gasteiger partial charge in [-0.3, -0.25) is 4.79 Å². The number of aromatic amines is 1. The minimum Gasteiger partial charge on any atom is -0.352 e. The molecule has 0 aliphatic rings. The third-order valence-electron chi connectivity index (χ3n) is 2.62. The highest BCUT2D eigenvalue weighted by atomic mass is 32.1. The van der Waals surface area contributed by atoms with Crippen molar-refractivity contribution in [1.29, 1.82) is 0 Å². The third kappa shape index (κ3) is 2.84. The number of pyridine rings is 1. The predicted molar refractivity (Wildman–Crippen MR) is 70.9 cm³/mol. The van der Waals surface area contributed by atoms with Gasteiger partial charge in [0, 0.05) is 38.6 Å². The third-order valence-corrected chi connectivity index (χ3v) is 2.96. The van der Waals surface area contributed by atoms with Gasteiger partial charge in [0.15, 0.2) is 0 Å². The van der Waals surface area contributed by atoms with Crippen molar-refractivity contribution in [1.82, 2.24) is 19.9 Å². The zero-order chi connectivity index (χ0) is 13.0. The number of amides is 1. The fourth-order valence-corrected chi connectivity index (χ4v) is 1.85. The lowest BCUT2D eigenvalue weighted by atomic mass is 10.2. The van der Waals surface area contributed by atoms with Gasteiger partial charge in [-0.1, -0.05) is 12.2 Å². The van der Waals surface area contributed by atoms with Crippen molar-refractivity contribution < 1.29 is 4.79 Å². The first-order chi connectivity index (χ1) is 8.68. The lowest BCUT2D eigenvalue weighted by Crippen LogP contribution is -2.26. The van der Waals surface area contributed by atoms with E-state index < -0.39 is 0 Å². The maximum absolute atomic E-state index is 11.9. The Hall–Kier alpha value is -1.95. The van der Waals surface area contributed by atoms with E-state index >= 15 is 0 Å². The van der Waals surface area contributed by atoms with Crippen molar-refractivity contribution in [3.63, 3.8) is 0 Å². The minimum atomic E-state index is -0.161. The van der Waals surface area contributed by atoms with Gasteiger partial charge in [-0.15, -0.1) is 0 Å². The number of rotatable bonds is 4. The largest absolute Gasteiger partial charge is 0.352 e. The van der Waals surface area contributed by atoms with E-state index in [-0.39, 0.29) is 5.91 Å². The molecule has 1 amide bonds. The first-order valence-corrected chi connectivity index (χ1v) is 6.01. The quantitative estimate of drug-likeness (QED) is 0.820. The van der Waals surface area contributed by atoms with Gasteiger partial charge in [-0.05, 0) is 12.1 Å². The summed E-state index contributed by atoms with van der Waals surface area (Å²) in [5.41, 5.74) is 0.493. The van der Waals surface area contributed by atoms with Crippen molar-refractivity contribution in [2.45, 2.75) is 6.42 Å². The molecule has 2 heterocycles. The molecule has 6 heteroatoms. The van der Waals surface area contributed by atoms with Crippen LogP contribution < -0.4 is 5.32 Å². The fourth-order valence-electron chi connectivity index (χ4n) is 1.62. The van der Waals surface area contributed by atoms with Gasteiger partial charge < -0.3 is 14.9 Å². The molecule has 0 spiro atoms. The van der Waals surface area contributed by atoms with E-state index in [0.717, 1.165) is 5.82 Å². The zero-order valence-corrected chi connectivity index (χ0v) is 10.8. The van der Waals surface area contributed by atoms with Gasteiger partial charge in [0.2, 0.25) is 0 Å². The number of H-pyrrole nitrogens is 1. The molecular weight excluding hydrogens is 248 g/mol. The maximum atomic E-state index is 11.9. The molecule has 0 fully saturated rings. The molecule has 5 nitrogen and oxygen atoms in total. The van der Waals surface area contributed by atoms with E-state index in [1.165, 1.54) is 0 Å². The Morgan fingerprint density at radius 2 is 2.44 bits per heavy atom. The predicted octanol–water partition coefficient (Wildman–Crippen LogP) is 1.45. The first-order valence-electron chi connectivity index (χ1n) is 5.60. The molecule has 0 unspecified atom stereocenters. The normalized spacial score (nSPS) is 10.3. The molecule has 2 aromatic heterocycles. The number of nitrogens with zero attached hydrogens (tertiary/aromatic N) is 2. The summed E-state index contributed by atoms with van der Waals surface area (Å²) in [6.07, 6.45) is 6.01. The molecule has 0 radical (unpaired) electrons. The van der Waals surface area contributed by atoms with Crippen LogP contribution in [0, 0.1) is 4.64 Å². The number of aromatic nitrogens is 3. The monoisotopic (exact) mass is 262 g/mol. The number of aryl methyl sites for hydroxylation is 1. The van der Waals surface area contributed by atoms with Gasteiger partial charge in [0.05, 0.1) is 5.56 Å². The van der Waals surface area contributed by atoms with E-state index in [9.17, 15) is 4.79 Å². The Balaban J connectivity index is 1.92. The summed E-state index contributed by atoms with van der Waals surface area (Å²) in [6, 6.07) is 3.46. The molecule has 0 aromatic carbocycles. The number of imidazole rings is 1. The molecule has 0 saturated carbocycles. The Morgan fingerprint density at radius 3 is 3.11 bits per heavy atom. The molecular formula is C12H14N4OS. The molecule has 0 bridgehead atoms. The van der Waals surface area contributed by atoms with Crippen molar-refractivity contribution >= 4 is 18.1 Å². The second-order valence-corrected chi connectivity index (χ2v) is 4.28. The lowest BCUT2D eigenvalue weighted by molar-refractivity contribution is 0.0953. The number of hydrogen-bond acceptors (Lipinski definition) is 3. The zero-order valence-electron chi connectivity index (χ0n) is 10.0. The van der Waals surface area contributed by atoms with Crippen LogP contribution in [0.25, 0.3) is 0 Å². The minimum absolute atomic E-state index is 0.161. The van der Waals surface area contributed by atoms with E-state index in [1.807, 2.05) is 17.8 Å². The topological polar surface area (TPSA) is 62.7 Å². The molecule has 2 rings (SSSR count). The summed E-state index contributed by atoms with van der Waals surface area (Å²) in [4.78, 5) is 18.9. The van der Waals surface area contributed by atoms with E-state index in [1.54, 1.807) is 24.5 Å². The van der Waals surface area contributed by atoms with Crippen molar-refractivity contribution in [3.05, 3.63) is 46.8 Å². The van der Waals surface area contributed by atoms with Crippen LogP contribution in [0.2, 0.25) is 0 Å². The van der Waals surface area contributed by atoms with Crippen LogP contribution >= 0.6 is 12.2 Å². The summed E-state index contributed by atoms with van der Waals surface area (Å²) < 4.78 is 2.38. The summed E-state index contributed by atoms with van der Waals surface area (Å²) in [6.45, 7) is 0.535. The Morgan fingerprint density at radius 1 is 1.61 bits per heavy atom. The van der Waals surface area contributed by atoms with Crippen LogP contribution in [-0.2, 0) is 13.5 Å². The van der Waals surface area contributed by atoms with Crippen LogP contribution in [0.15, 0.2) is 30.7 Å². The number of nitrogens with one attached hydrogen (secondary N) is 2. The van der Waals surface area contributed by atoms with E-state index in [2.05, 4.69) is 15.3 Å². The molecule has 0 aliphatic heterocycles. The molecule has 0 aliphatic carbocycles. The SMILES string of the molecule is Cn1ccnc1CCNC(=O)c1ccc[nH]c1=S. The lowest BCUT2D eigenvalue weighted by Gasteiger charge is -2.05. The van der Waals surface area contributed by atoms with Gasteiger partial charge in [-0.25, -0.2) is 4.98 Å². The van der Waals surface area contributed by atoms with E-state index in [0.29, 0.717) is 23.2 Å². The van der Waals surface area contributed by atoms with Crippen molar-refractivity contribution in [2.75, 3.05) is 6.54 Å². The maximum Gasteiger partial charge on any atom is 0.254 e. The highest BCUT2D eigenvalue weighted by Crippen LogP contribution is 2.00. The van der Waals surface area contributed by atoms with Crippen molar-refractivity contribution in [3.8, 4) is 0 Å². The fraction of sp³-hybridized carbons (Fsp3) is 0.250. The van der Waals surface area contributed by atoms with Gasteiger partial charge in [-0.2, -0.15) is 0 Å². The molecule has 94 valence electrons. The van der Waals surface area contributed by atoms with Crippen molar-refractivity contribution in [2.24, 2.45) is 7.05 Å². The Kier molecular flexibility index (Phi) is 3.88. The standard InChI is InChI=1S/C12H14N4OS/c1-16-8-7-13-10(16)4-6-14-11(17)9-3-2-5-15-12(9)18/h2-3,5,7-8H,4,6H2,1H3,(H,14,17)(H,15,18). The average Bonchev–Trinajstić information content (AvgIpc) is 2.75. The van der Waals surface area contributed by atoms with Crippen LogP contribution in [0.5, 0.6) is 0 Å². The van der Waals surface area contributed by atoms with Crippen LogP contribution in [0.1, 0.15) is 16.2 Å². The summed E-state index contributed by atoms with van der Waals surface area (Å²) >= 11 is 5.05. The number of carbonyl (C=O) groups is 1. The highest BCUT2D eigenvalue weighted by Gasteiger charge is 2.07. The molecule has 0 saturated heterocycles. The smallest absolute Gasteiger partial charge is 0.254 e. The van der Waals surface area contributed by atoms with Crippen LogP contribution in [-0.4, -0.2) is 27.0 Å². The Bertz CT molecular complexity index is 602. The summed E-state index contributed by atoms with van der Waals surface area (Å²) in [7, 11) is 1.93. The highest BCUT2D eigenvalue weighted by molar-refractivity contribution is 7.71. The van der Waals surface area contributed by atoms with Gasteiger partial charge in [0.1, 0.15) is 10.5 Å².